The molecule has 2 rings (SSSR count). The van der Waals surface area contributed by atoms with E-state index in [1.807, 2.05) is 0 Å². The average Bonchev–Trinajstić information content (AvgIpc) is 2.71. The van der Waals surface area contributed by atoms with Gasteiger partial charge in [-0.3, -0.25) is 5.41 Å². The van der Waals surface area contributed by atoms with E-state index < -0.39 is 0 Å². The first-order chi connectivity index (χ1) is 6.77. The van der Waals surface area contributed by atoms with Crippen LogP contribution in [-0.4, -0.2) is 25.6 Å². The molecule has 0 saturated carbocycles. The van der Waals surface area contributed by atoms with Crippen LogP contribution in [0.2, 0.25) is 0 Å². The number of aromatic nitrogens is 4. The summed E-state index contributed by atoms with van der Waals surface area (Å²) >= 11 is 0. The van der Waals surface area contributed by atoms with Crippen LogP contribution in [0.25, 0.3) is 5.82 Å². The first-order valence-corrected chi connectivity index (χ1v) is 3.94. The first-order valence-electron chi connectivity index (χ1n) is 3.94. The van der Waals surface area contributed by atoms with Gasteiger partial charge in [-0.05, 0) is 6.07 Å². The lowest BCUT2D eigenvalue weighted by molar-refractivity contribution is 0.836. The molecule has 2 aromatic heterocycles. The van der Waals surface area contributed by atoms with Crippen LogP contribution in [0.4, 0.5) is 0 Å². The molecule has 0 aliphatic carbocycles. The van der Waals surface area contributed by atoms with Gasteiger partial charge in [-0.2, -0.15) is 5.10 Å². The van der Waals surface area contributed by atoms with Gasteiger partial charge in [0.05, 0.1) is 12.4 Å². The molecule has 0 amide bonds. The lowest BCUT2D eigenvalue weighted by Crippen LogP contribution is -2.14. The van der Waals surface area contributed by atoms with E-state index >= 15 is 0 Å². The van der Waals surface area contributed by atoms with E-state index in [4.69, 9.17) is 11.1 Å². The minimum Gasteiger partial charge on any atom is -0.382 e. The molecule has 0 radical (unpaired) electrons. The maximum Gasteiger partial charge on any atom is 0.171 e. The maximum absolute atomic E-state index is 7.13. The van der Waals surface area contributed by atoms with Crippen LogP contribution in [0.3, 0.4) is 0 Å². The molecule has 6 nitrogen and oxygen atoms in total. The van der Waals surface area contributed by atoms with Crippen LogP contribution >= 0.6 is 0 Å². The third-order valence-electron chi connectivity index (χ3n) is 1.65. The van der Waals surface area contributed by atoms with Crippen molar-refractivity contribution in [2.45, 2.75) is 0 Å². The third kappa shape index (κ3) is 1.45. The van der Waals surface area contributed by atoms with Gasteiger partial charge in [0.1, 0.15) is 11.5 Å². The molecule has 70 valence electrons. The van der Waals surface area contributed by atoms with Gasteiger partial charge < -0.3 is 5.73 Å². The van der Waals surface area contributed by atoms with Crippen molar-refractivity contribution in [1.82, 2.24) is 19.7 Å². The molecule has 2 heterocycles. The summed E-state index contributed by atoms with van der Waals surface area (Å²) < 4.78 is 1.58. The summed E-state index contributed by atoms with van der Waals surface area (Å²) in [4.78, 5) is 8.02. The zero-order valence-corrected chi connectivity index (χ0v) is 7.25. The number of nitrogen functional groups attached to an aromatic ring is 1. The minimum absolute atomic E-state index is 0.0930. The van der Waals surface area contributed by atoms with Crippen molar-refractivity contribution in [2.24, 2.45) is 5.73 Å². The number of nitrogens with one attached hydrogen (secondary N) is 1. The Balaban J connectivity index is 2.36. The molecule has 0 aromatic carbocycles. The van der Waals surface area contributed by atoms with Gasteiger partial charge >= 0.3 is 0 Å². The van der Waals surface area contributed by atoms with Crippen molar-refractivity contribution in [2.75, 3.05) is 0 Å². The van der Waals surface area contributed by atoms with Gasteiger partial charge in [0.2, 0.25) is 0 Å². The molecule has 0 bridgehead atoms. The Kier molecular flexibility index (Phi) is 1.94. The first kappa shape index (κ1) is 8.36. The summed E-state index contributed by atoms with van der Waals surface area (Å²) in [5.41, 5.74) is 5.60. The van der Waals surface area contributed by atoms with E-state index in [0.717, 1.165) is 0 Å². The van der Waals surface area contributed by atoms with Gasteiger partial charge in [-0.25, -0.2) is 14.6 Å². The van der Waals surface area contributed by atoms with E-state index in [2.05, 4.69) is 15.1 Å². The fourth-order valence-corrected chi connectivity index (χ4v) is 0.983. The van der Waals surface area contributed by atoms with Crippen molar-refractivity contribution in [3.8, 4) is 5.82 Å². The Morgan fingerprint density at radius 2 is 2.21 bits per heavy atom. The summed E-state index contributed by atoms with van der Waals surface area (Å²) in [5, 5.41) is 11.1. The van der Waals surface area contributed by atoms with Crippen molar-refractivity contribution < 1.29 is 0 Å². The summed E-state index contributed by atoms with van der Waals surface area (Å²) in [7, 11) is 0. The smallest absolute Gasteiger partial charge is 0.171 e. The van der Waals surface area contributed by atoms with Gasteiger partial charge in [0, 0.05) is 12.4 Å². The Labute approximate surface area is 79.9 Å². The largest absolute Gasteiger partial charge is 0.382 e. The SMILES string of the molecule is N=C(N)c1cnc(-n2cccn2)cn1. The molecule has 14 heavy (non-hydrogen) atoms. The second-order valence-corrected chi connectivity index (χ2v) is 2.62. The van der Waals surface area contributed by atoms with Gasteiger partial charge in [-0.15, -0.1) is 0 Å². The molecular formula is C8H8N6. The van der Waals surface area contributed by atoms with E-state index in [9.17, 15) is 0 Å². The quantitative estimate of drug-likeness (QED) is 0.510. The van der Waals surface area contributed by atoms with Crippen LogP contribution in [0.5, 0.6) is 0 Å². The third-order valence-corrected chi connectivity index (χ3v) is 1.65. The van der Waals surface area contributed by atoms with Crippen molar-refractivity contribution in [3.05, 3.63) is 36.5 Å². The molecule has 0 atom stereocenters. The monoisotopic (exact) mass is 188 g/mol. The van der Waals surface area contributed by atoms with Crippen molar-refractivity contribution in [3.63, 3.8) is 0 Å². The Morgan fingerprint density at radius 3 is 2.71 bits per heavy atom. The number of nitrogens with zero attached hydrogens (tertiary/aromatic N) is 4. The zero-order chi connectivity index (χ0) is 9.97. The van der Waals surface area contributed by atoms with Crippen LogP contribution in [0.1, 0.15) is 5.69 Å². The normalized spacial score (nSPS) is 10.0. The molecule has 0 unspecified atom stereocenters. The van der Waals surface area contributed by atoms with Crippen LogP contribution in [-0.2, 0) is 0 Å². The highest BCUT2D eigenvalue weighted by Gasteiger charge is 2.00. The average molecular weight is 188 g/mol. The fraction of sp³-hybridized carbons (Fsp3) is 0. The summed E-state index contributed by atoms with van der Waals surface area (Å²) in [6.45, 7) is 0. The summed E-state index contributed by atoms with van der Waals surface area (Å²) in [6.07, 6.45) is 6.38. The number of hydrogen-bond donors (Lipinski definition) is 2. The molecule has 0 aliphatic heterocycles. The Hall–Kier alpha value is -2.24. The van der Waals surface area contributed by atoms with Crippen LogP contribution < -0.4 is 5.73 Å². The standard InChI is InChI=1S/C8H8N6/c9-8(10)6-4-12-7(5-11-6)14-3-1-2-13-14/h1-5H,(H3,9,10). The second-order valence-electron chi connectivity index (χ2n) is 2.62. The highest BCUT2D eigenvalue weighted by atomic mass is 15.3. The number of amidine groups is 1. The fourth-order valence-electron chi connectivity index (χ4n) is 0.983. The van der Waals surface area contributed by atoms with Gasteiger partial charge in [-0.1, -0.05) is 0 Å². The van der Waals surface area contributed by atoms with Crippen molar-refractivity contribution >= 4 is 5.84 Å². The molecule has 0 saturated heterocycles. The molecule has 2 aromatic rings. The summed E-state index contributed by atoms with van der Waals surface area (Å²) in [5.74, 6) is 0.504. The Bertz CT molecular complexity index is 429. The van der Waals surface area contributed by atoms with E-state index in [1.165, 1.54) is 12.4 Å². The zero-order valence-electron chi connectivity index (χ0n) is 7.25. The maximum atomic E-state index is 7.13. The highest BCUT2D eigenvalue weighted by Crippen LogP contribution is 2.00. The summed E-state index contributed by atoms with van der Waals surface area (Å²) in [6, 6.07) is 1.79. The van der Waals surface area contributed by atoms with E-state index in [0.29, 0.717) is 11.5 Å². The molecular weight excluding hydrogens is 180 g/mol. The van der Waals surface area contributed by atoms with Crippen LogP contribution in [0.15, 0.2) is 30.9 Å². The van der Waals surface area contributed by atoms with Crippen molar-refractivity contribution in [1.29, 1.82) is 5.41 Å². The molecule has 3 N–H and O–H groups in total. The molecule has 0 aliphatic rings. The second kappa shape index (κ2) is 3.25. The predicted molar refractivity (Wildman–Crippen MR) is 50.2 cm³/mol. The molecule has 0 spiro atoms. The number of nitrogens with two attached hydrogens (primary N) is 1. The molecule has 6 heteroatoms. The lowest BCUT2D eigenvalue weighted by atomic mass is 10.4. The Morgan fingerprint density at radius 1 is 1.36 bits per heavy atom. The lowest BCUT2D eigenvalue weighted by Gasteiger charge is -2.00. The highest BCUT2D eigenvalue weighted by molar-refractivity contribution is 5.92. The van der Waals surface area contributed by atoms with E-state index in [1.54, 1.807) is 23.1 Å². The molecule has 0 fully saturated rings. The van der Waals surface area contributed by atoms with Gasteiger partial charge in [0.25, 0.3) is 0 Å². The predicted octanol–water partition coefficient (Wildman–Crippen LogP) is -0.0536. The van der Waals surface area contributed by atoms with Crippen LogP contribution in [0, 0.1) is 5.41 Å². The minimum atomic E-state index is -0.0930. The van der Waals surface area contributed by atoms with E-state index in [-0.39, 0.29) is 5.84 Å². The number of rotatable bonds is 2. The number of hydrogen-bond acceptors (Lipinski definition) is 4. The topological polar surface area (TPSA) is 93.5 Å². The van der Waals surface area contributed by atoms with Gasteiger partial charge in [0.15, 0.2) is 5.82 Å².